The number of anilines is 1. The van der Waals surface area contributed by atoms with Crippen molar-refractivity contribution in [3.63, 3.8) is 0 Å². The standard InChI is InChI=1S/C15H14FN5O2S/c1-8-6-13(23-3)14(24-8)15(22)17-10-4-5-11(16)12(7-10)21-9(2)18-19-20-21/h4-7H,1-3H3,(H,17,22). The summed E-state index contributed by atoms with van der Waals surface area (Å²) in [6, 6.07) is 6.00. The zero-order valence-corrected chi connectivity index (χ0v) is 14.0. The fourth-order valence-electron chi connectivity index (χ4n) is 2.20. The molecule has 124 valence electrons. The molecule has 0 aliphatic heterocycles. The summed E-state index contributed by atoms with van der Waals surface area (Å²) in [5, 5.41) is 13.7. The van der Waals surface area contributed by atoms with E-state index in [9.17, 15) is 9.18 Å². The van der Waals surface area contributed by atoms with Gasteiger partial charge in [0.1, 0.15) is 22.1 Å². The zero-order chi connectivity index (χ0) is 17.3. The summed E-state index contributed by atoms with van der Waals surface area (Å²) in [5.41, 5.74) is 0.587. The number of nitrogens with zero attached hydrogens (tertiary/aromatic N) is 4. The Morgan fingerprint density at radius 2 is 2.12 bits per heavy atom. The van der Waals surface area contributed by atoms with Crippen LogP contribution in [-0.2, 0) is 0 Å². The Hall–Kier alpha value is -2.81. The van der Waals surface area contributed by atoms with Crippen molar-refractivity contribution < 1.29 is 13.9 Å². The summed E-state index contributed by atoms with van der Waals surface area (Å²) < 4.78 is 20.5. The molecule has 0 fully saturated rings. The van der Waals surface area contributed by atoms with Crippen LogP contribution in [0.25, 0.3) is 5.69 Å². The van der Waals surface area contributed by atoms with Gasteiger partial charge in [0.2, 0.25) is 0 Å². The Morgan fingerprint density at radius 1 is 1.33 bits per heavy atom. The van der Waals surface area contributed by atoms with E-state index in [1.807, 2.05) is 6.92 Å². The lowest BCUT2D eigenvalue weighted by molar-refractivity contribution is 0.102. The normalized spacial score (nSPS) is 10.7. The number of ether oxygens (including phenoxy) is 1. The van der Waals surface area contributed by atoms with Crippen molar-refractivity contribution in [3.8, 4) is 11.4 Å². The number of thiophene rings is 1. The summed E-state index contributed by atoms with van der Waals surface area (Å²) in [4.78, 5) is 13.9. The number of amides is 1. The van der Waals surface area contributed by atoms with E-state index in [1.165, 1.54) is 41.3 Å². The molecule has 0 aliphatic rings. The van der Waals surface area contributed by atoms with Gasteiger partial charge in [-0.3, -0.25) is 4.79 Å². The van der Waals surface area contributed by atoms with Gasteiger partial charge in [-0.2, -0.15) is 4.68 Å². The minimum absolute atomic E-state index is 0.157. The van der Waals surface area contributed by atoms with Gasteiger partial charge in [0.25, 0.3) is 5.91 Å². The maximum Gasteiger partial charge on any atom is 0.269 e. The molecule has 7 nitrogen and oxygen atoms in total. The third-order valence-electron chi connectivity index (χ3n) is 3.30. The largest absolute Gasteiger partial charge is 0.495 e. The predicted molar refractivity (Wildman–Crippen MR) is 87.4 cm³/mol. The lowest BCUT2D eigenvalue weighted by Gasteiger charge is -2.09. The molecule has 0 radical (unpaired) electrons. The van der Waals surface area contributed by atoms with Gasteiger partial charge in [-0.25, -0.2) is 4.39 Å². The highest BCUT2D eigenvalue weighted by Crippen LogP contribution is 2.29. The number of aryl methyl sites for hydroxylation is 2. The minimum Gasteiger partial charge on any atom is -0.495 e. The van der Waals surface area contributed by atoms with Gasteiger partial charge < -0.3 is 10.1 Å². The van der Waals surface area contributed by atoms with Gasteiger partial charge in [0.15, 0.2) is 5.82 Å². The van der Waals surface area contributed by atoms with Crippen molar-refractivity contribution in [1.82, 2.24) is 20.2 Å². The molecule has 3 rings (SSSR count). The minimum atomic E-state index is -0.493. The van der Waals surface area contributed by atoms with E-state index in [0.717, 1.165) is 4.88 Å². The van der Waals surface area contributed by atoms with Crippen LogP contribution in [0.5, 0.6) is 5.75 Å². The van der Waals surface area contributed by atoms with E-state index in [2.05, 4.69) is 20.8 Å². The molecule has 2 aromatic heterocycles. The molecule has 24 heavy (non-hydrogen) atoms. The molecule has 1 N–H and O–H groups in total. The third-order valence-corrected chi connectivity index (χ3v) is 4.34. The van der Waals surface area contributed by atoms with Crippen LogP contribution in [0.4, 0.5) is 10.1 Å². The monoisotopic (exact) mass is 347 g/mol. The Bertz CT molecular complexity index is 905. The molecule has 0 unspecified atom stereocenters. The first-order valence-corrected chi connectivity index (χ1v) is 7.82. The number of tetrazole rings is 1. The lowest BCUT2D eigenvalue weighted by atomic mass is 10.2. The second-order valence-corrected chi connectivity index (χ2v) is 6.27. The quantitative estimate of drug-likeness (QED) is 0.785. The first-order valence-electron chi connectivity index (χ1n) is 7.00. The molecule has 0 bridgehead atoms. The first kappa shape index (κ1) is 16.1. The van der Waals surface area contributed by atoms with E-state index < -0.39 is 5.82 Å². The van der Waals surface area contributed by atoms with Gasteiger partial charge in [0.05, 0.1) is 7.11 Å². The number of hydrogen-bond donors (Lipinski definition) is 1. The van der Waals surface area contributed by atoms with E-state index >= 15 is 0 Å². The molecular weight excluding hydrogens is 333 g/mol. The molecule has 3 aromatic rings. The summed E-state index contributed by atoms with van der Waals surface area (Å²) in [6.45, 7) is 3.55. The second kappa shape index (κ2) is 6.36. The Labute approximate surface area is 141 Å². The van der Waals surface area contributed by atoms with E-state index in [1.54, 1.807) is 13.0 Å². The zero-order valence-electron chi connectivity index (χ0n) is 13.2. The molecule has 1 aromatic carbocycles. The summed E-state index contributed by atoms with van der Waals surface area (Å²) in [6.07, 6.45) is 0. The number of aromatic nitrogens is 4. The average Bonchev–Trinajstić information content (AvgIpc) is 3.14. The maximum atomic E-state index is 14.0. The third kappa shape index (κ3) is 2.98. The van der Waals surface area contributed by atoms with E-state index in [0.29, 0.717) is 22.1 Å². The smallest absolute Gasteiger partial charge is 0.269 e. The van der Waals surface area contributed by atoms with Crippen LogP contribution in [0.3, 0.4) is 0 Å². The van der Waals surface area contributed by atoms with Crippen LogP contribution in [0.1, 0.15) is 20.4 Å². The number of carbonyl (C=O) groups excluding carboxylic acids is 1. The first-order chi connectivity index (χ1) is 11.5. The van der Waals surface area contributed by atoms with Crippen molar-refractivity contribution in [1.29, 1.82) is 0 Å². The van der Waals surface area contributed by atoms with Crippen molar-refractivity contribution in [3.05, 3.63) is 45.7 Å². The van der Waals surface area contributed by atoms with Crippen LogP contribution >= 0.6 is 11.3 Å². The van der Waals surface area contributed by atoms with Crippen LogP contribution in [0, 0.1) is 19.7 Å². The van der Waals surface area contributed by atoms with Gasteiger partial charge in [-0.15, -0.1) is 16.4 Å². The Kier molecular flexibility index (Phi) is 4.26. The van der Waals surface area contributed by atoms with Crippen LogP contribution in [-0.4, -0.2) is 33.2 Å². The van der Waals surface area contributed by atoms with Crippen molar-refractivity contribution in [2.75, 3.05) is 12.4 Å². The number of carbonyl (C=O) groups is 1. The van der Waals surface area contributed by atoms with E-state index in [4.69, 9.17) is 4.74 Å². The number of methoxy groups -OCH3 is 1. The van der Waals surface area contributed by atoms with Crippen LogP contribution in [0.2, 0.25) is 0 Å². The highest BCUT2D eigenvalue weighted by molar-refractivity contribution is 7.14. The van der Waals surface area contributed by atoms with Gasteiger partial charge in [-0.1, -0.05) is 0 Å². The van der Waals surface area contributed by atoms with Gasteiger partial charge in [-0.05, 0) is 48.5 Å². The number of benzene rings is 1. The molecule has 0 saturated heterocycles. The average molecular weight is 347 g/mol. The number of hydrogen-bond acceptors (Lipinski definition) is 6. The number of nitrogens with one attached hydrogen (secondary N) is 1. The molecule has 0 spiro atoms. The van der Waals surface area contributed by atoms with Crippen molar-refractivity contribution >= 4 is 22.9 Å². The summed E-state index contributed by atoms with van der Waals surface area (Å²) in [7, 11) is 1.51. The van der Waals surface area contributed by atoms with E-state index in [-0.39, 0.29) is 11.6 Å². The topological polar surface area (TPSA) is 81.9 Å². The van der Waals surface area contributed by atoms with Crippen molar-refractivity contribution in [2.45, 2.75) is 13.8 Å². The molecular formula is C15H14FN5O2S. The second-order valence-electron chi connectivity index (χ2n) is 5.01. The number of rotatable bonds is 4. The molecule has 1 amide bonds. The maximum absolute atomic E-state index is 14.0. The molecule has 2 heterocycles. The Morgan fingerprint density at radius 3 is 2.79 bits per heavy atom. The molecule has 0 aliphatic carbocycles. The molecule has 0 saturated carbocycles. The number of halogens is 1. The predicted octanol–water partition coefficient (Wildman–Crippen LogP) is 2.74. The highest BCUT2D eigenvalue weighted by Gasteiger charge is 2.17. The fraction of sp³-hybridized carbons (Fsp3) is 0.200. The van der Waals surface area contributed by atoms with Gasteiger partial charge >= 0.3 is 0 Å². The summed E-state index contributed by atoms with van der Waals surface area (Å²) in [5.74, 6) is 0.130. The SMILES string of the molecule is COc1cc(C)sc1C(=O)Nc1ccc(F)c(-n2nnnc2C)c1. The lowest BCUT2D eigenvalue weighted by Crippen LogP contribution is -2.12. The van der Waals surface area contributed by atoms with Crippen molar-refractivity contribution in [2.24, 2.45) is 0 Å². The van der Waals surface area contributed by atoms with Gasteiger partial charge in [0, 0.05) is 10.6 Å². The molecule has 0 atom stereocenters. The summed E-state index contributed by atoms with van der Waals surface area (Å²) >= 11 is 1.33. The highest BCUT2D eigenvalue weighted by atomic mass is 32.1. The van der Waals surface area contributed by atoms with Crippen LogP contribution < -0.4 is 10.1 Å². The Balaban J connectivity index is 1.91. The fourth-order valence-corrected chi connectivity index (χ4v) is 3.07. The molecule has 9 heteroatoms. The van der Waals surface area contributed by atoms with Crippen LogP contribution in [0.15, 0.2) is 24.3 Å².